The van der Waals surface area contributed by atoms with Gasteiger partial charge < -0.3 is 0 Å². The maximum atomic E-state index is 5.62. The van der Waals surface area contributed by atoms with E-state index in [0.29, 0.717) is 34.9 Å². The van der Waals surface area contributed by atoms with Crippen molar-refractivity contribution in [1.82, 2.24) is 29.9 Å². The van der Waals surface area contributed by atoms with Crippen molar-refractivity contribution in [3.8, 4) is 90.6 Å². The van der Waals surface area contributed by atoms with E-state index < -0.39 is 10.8 Å². The summed E-state index contributed by atoms with van der Waals surface area (Å²) in [6, 6.07) is 118. The smallest absolute Gasteiger partial charge is 0.164 e. The molecule has 438 valence electrons. The zero-order valence-electron chi connectivity index (χ0n) is 51.0. The summed E-state index contributed by atoms with van der Waals surface area (Å²) in [4.78, 5) is 33.0. The number of aromatic nitrogens is 6. The van der Waals surface area contributed by atoms with Crippen LogP contribution in [0.25, 0.3) is 90.6 Å². The zero-order valence-corrected chi connectivity index (χ0v) is 51.0. The van der Waals surface area contributed by atoms with Crippen molar-refractivity contribution in [1.29, 1.82) is 0 Å². The minimum absolute atomic E-state index is 0.0604. The van der Waals surface area contributed by atoms with Gasteiger partial charge in [-0.15, -0.1) is 0 Å². The number of nitrogens with zero attached hydrogens (tertiary/aromatic N) is 6. The van der Waals surface area contributed by atoms with Gasteiger partial charge in [-0.25, -0.2) is 29.9 Å². The van der Waals surface area contributed by atoms with Crippen molar-refractivity contribution in [3.63, 3.8) is 0 Å². The molecule has 2 aromatic heterocycles. The standard InChI is InChI=1S/C88H56N6/c1-7-27-55(28-8-1)81-89-83(93-85(91-81)71-45-25-43-69-63-39-21-23-47-75(63)87(79(69)71,59-31-11-3-12-32-59)60-33-13-4-14-34-60)57-49-51-67-73(53-57)77-65-41-19-20-42-66(65)78(67)74-54-58(50-52-68(74)77)84-90-82(56-29-9-2-10-30-56)92-86(94-84)72-46-26-44-70-64-40-22-24-48-76(64)88(80(70)72,61-35-15-5-16-36-61)62-37-17-6-18-38-62/h1-54,77-78H. The third kappa shape index (κ3) is 7.90. The van der Waals surface area contributed by atoms with Gasteiger partial charge in [-0.2, -0.15) is 0 Å². The van der Waals surface area contributed by atoms with Crippen LogP contribution < -0.4 is 0 Å². The maximum Gasteiger partial charge on any atom is 0.164 e. The highest BCUT2D eigenvalue weighted by Gasteiger charge is 2.50. The van der Waals surface area contributed by atoms with E-state index >= 15 is 0 Å². The summed E-state index contributed by atoms with van der Waals surface area (Å²) in [5.74, 6) is 3.60. The van der Waals surface area contributed by atoms with Crippen LogP contribution >= 0.6 is 0 Å². The van der Waals surface area contributed by atoms with Crippen LogP contribution in [0.15, 0.2) is 328 Å². The maximum absolute atomic E-state index is 5.62. The fourth-order valence-electron chi connectivity index (χ4n) is 16.6. The first-order chi connectivity index (χ1) is 46.6. The lowest BCUT2D eigenvalue weighted by atomic mass is 9.61. The zero-order chi connectivity index (χ0) is 61.9. The number of hydrogen-bond donors (Lipinski definition) is 0. The van der Waals surface area contributed by atoms with Crippen LogP contribution in [0, 0.1) is 0 Å². The van der Waals surface area contributed by atoms with E-state index in [4.69, 9.17) is 29.9 Å². The SMILES string of the molecule is c1ccc(-c2nc(-c3ccc4c(c3)C3c5ccccc5C4c4cc(-c5nc(-c6ccccc6)nc(-c6cccc7c6C(c6ccccc6)(c6ccccc6)c6ccccc6-7)n5)ccc43)nc(-c3cccc4c3C(c3ccccc3)(c3ccccc3)c3ccccc3-4)n2)cc1. The molecule has 2 heterocycles. The molecule has 2 bridgehead atoms. The second-order valence-electron chi connectivity index (χ2n) is 25.0. The molecule has 15 aromatic rings. The lowest BCUT2D eigenvalue weighted by Crippen LogP contribution is -2.29. The summed E-state index contributed by atoms with van der Waals surface area (Å²) in [5, 5.41) is 0. The molecule has 20 rings (SSSR count). The molecule has 5 aliphatic carbocycles. The molecule has 0 saturated heterocycles. The fraction of sp³-hybridized carbons (Fsp3) is 0.0455. The van der Waals surface area contributed by atoms with Gasteiger partial charge in [0, 0.05) is 45.2 Å². The second-order valence-corrected chi connectivity index (χ2v) is 25.0. The van der Waals surface area contributed by atoms with Gasteiger partial charge in [0.2, 0.25) is 0 Å². The van der Waals surface area contributed by atoms with E-state index in [1.807, 2.05) is 12.1 Å². The Hall–Kier alpha value is -12.1. The average molecular weight is 1200 g/mol. The van der Waals surface area contributed by atoms with Crippen molar-refractivity contribution >= 4 is 0 Å². The van der Waals surface area contributed by atoms with E-state index in [-0.39, 0.29) is 11.8 Å². The molecule has 0 spiro atoms. The van der Waals surface area contributed by atoms with Crippen LogP contribution in [-0.4, -0.2) is 29.9 Å². The highest BCUT2D eigenvalue weighted by atomic mass is 15.0. The predicted molar refractivity (Wildman–Crippen MR) is 375 cm³/mol. The van der Waals surface area contributed by atoms with E-state index in [9.17, 15) is 0 Å². The number of fused-ring (bicyclic) bond motifs is 6. The second kappa shape index (κ2) is 21.2. The van der Waals surface area contributed by atoms with Crippen LogP contribution in [0.3, 0.4) is 0 Å². The Labute approximate surface area is 545 Å². The Morgan fingerprint density at radius 3 is 0.840 bits per heavy atom. The molecular weight excluding hydrogens is 1140 g/mol. The summed E-state index contributed by atoms with van der Waals surface area (Å²) in [7, 11) is 0. The van der Waals surface area contributed by atoms with Crippen LogP contribution in [0.4, 0.5) is 0 Å². The molecule has 0 saturated carbocycles. The summed E-state index contributed by atoms with van der Waals surface area (Å²) in [6.45, 7) is 0. The largest absolute Gasteiger partial charge is 0.208 e. The quantitative estimate of drug-likeness (QED) is 0.136. The van der Waals surface area contributed by atoms with Gasteiger partial charge in [0.25, 0.3) is 0 Å². The van der Waals surface area contributed by atoms with Gasteiger partial charge >= 0.3 is 0 Å². The normalized spacial score (nSPS) is 15.2. The van der Waals surface area contributed by atoms with Crippen LogP contribution in [0.2, 0.25) is 0 Å². The lowest BCUT2D eigenvalue weighted by Gasteiger charge is -2.42. The summed E-state index contributed by atoms with van der Waals surface area (Å²) in [5.41, 5.74) is 26.2. The summed E-state index contributed by atoms with van der Waals surface area (Å²) < 4.78 is 0. The lowest BCUT2D eigenvalue weighted by molar-refractivity contribution is 0.754. The van der Waals surface area contributed by atoms with E-state index in [0.717, 1.165) is 44.5 Å². The number of hydrogen-bond acceptors (Lipinski definition) is 6. The first-order valence-electron chi connectivity index (χ1n) is 32.3. The van der Waals surface area contributed by atoms with Crippen LogP contribution in [-0.2, 0) is 10.8 Å². The monoisotopic (exact) mass is 1200 g/mol. The predicted octanol–water partition coefficient (Wildman–Crippen LogP) is 19.8. The Kier molecular flexibility index (Phi) is 12.1. The van der Waals surface area contributed by atoms with Gasteiger partial charge in [0.05, 0.1) is 10.8 Å². The fourth-order valence-corrected chi connectivity index (χ4v) is 16.6. The van der Waals surface area contributed by atoms with Crippen molar-refractivity contribution in [3.05, 3.63) is 405 Å². The molecule has 0 fully saturated rings. The Bertz CT molecular complexity index is 5080. The molecule has 0 aliphatic heterocycles. The van der Waals surface area contributed by atoms with Crippen molar-refractivity contribution in [2.45, 2.75) is 22.7 Å². The molecule has 94 heavy (non-hydrogen) atoms. The molecular formula is C88H56N6. The van der Waals surface area contributed by atoms with Gasteiger partial charge in [0.1, 0.15) is 0 Å². The van der Waals surface area contributed by atoms with Gasteiger partial charge in [-0.1, -0.05) is 315 Å². The van der Waals surface area contributed by atoms with Gasteiger partial charge in [-0.05, 0) is 112 Å². The molecule has 0 amide bonds. The summed E-state index contributed by atoms with van der Waals surface area (Å²) in [6.07, 6.45) is 0. The molecule has 5 aliphatic rings. The molecule has 0 N–H and O–H groups in total. The topological polar surface area (TPSA) is 77.3 Å². The van der Waals surface area contributed by atoms with Crippen molar-refractivity contribution in [2.75, 3.05) is 0 Å². The molecule has 2 atom stereocenters. The number of benzene rings is 13. The van der Waals surface area contributed by atoms with Crippen LogP contribution in [0.1, 0.15) is 89.7 Å². The first-order valence-corrected chi connectivity index (χ1v) is 32.3. The minimum atomic E-state index is -0.667. The molecule has 2 unspecified atom stereocenters. The van der Waals surface area contributed by atoms with Crippen molar-refractivity contribution in [2.24, 2.45) is 0 Å². The first kappa shape index (κ1) is 53.7. The van der Waals surface area contributed by atoms with Crippen molar-refractivity contribution < 1.29 is 0 Å². The third-order valence-corrected chi connectivity index (χ3v) is 20.3. The van der Waals surface area contributed by atoms with Crippen LogP contribution in [0.5, 0.6) is 0 Å². The van der Waals surface area contributed by atoms with E-state index in [1.54, 1.807) is 0 Å². The average Bonchev–Trinajstić information content (AvgIpc) is 1.17. The highest BCUT2D eigenvalue weighted by Crippen LogP contribution is 2.61. The Morgan fingerprint density at radius 2 is 0.468 bits per heavy atom. The highest BCUT2D eigenvalue weighted by molar-refractivity contribution is 5.94. The van der Waals surface area contributed by atoms with Gasteiger partial charge in [0.15, 0.2) is 34.9 Å². The summed E-state index contributed by atoms with van der Waals surface area (Å²) >= 11 is 0. The van der Waals surface area contributed by atoms with Gasteiger partial charge in [-0.3, -0.25) is 0 Å². The number of rotatable bonds is 10. The molecule has 13 aromatic carbocycles. The third-order valence-electron chi connectivity index (χ3n) is 20.3. The van der Waals surface area contributed by atoms with E-state index in [1.165, 1.54) is 89.0 Å². The minimum Gasteiger partial charge on any atom is -0.208 e. The molecule has 6 heteroatoms. The Balaban J connectivity index is 0.768. The Morgan fingerprint density at radius 1 is 0.191 bits per heavy atom. The molecule has 6 nitrogen and oxygen atoms in total. The molecule has 0 radical (unpaired) electrons. The van der Waals surface area contributed by atoms with E-state index in [2.05, 4.69) is 315 Å².